The van der Waals surface area contributed by atoms with E-state index in [2.05, 4.69) is 31.0 Å². The number of alkyl halides is 1. The van der Waals surface area contributed by atoms with Crippen molar-refractivity contribution in [3.05, 3.63) is 5.01 Å². The zero-order valence-corrected chi connectivity index (χ0v) is 11.4. The zero-order chi connectivity index (χ0) is 10.7. The number of rotatable bonds is 4. The predicted octanol–water partition coefficient (Wildman–Crippen LogP) is 2.99. The Morgan fingerprint density at radius 3 is 3.07 bits per heavy atom. The molecule has 1 unspecified atom stereocenters. The number of halogens is 1. The third-order valence-electron chi connectivity index (χ3n) is 2.81. The summed E-state index contributed by atoms with van der Waals surface area (Å²) in [6, 6.07) is 0.690. The van der Waals surface area contributed by atoms with E-state index in [9.17, 15) is 0 Å². The van der Waals surface area contributed by atoms with Crippen molar-refractivity contribution >= 4 is 32.4 Å². The lowest BCUT2D eigenvalue weighted by Crippen LogP contribution is -2.29. The predicted molar refractivity (Wildman–Crippen MR) is 68.0 cm³/mol. The fourth-order valence-corrected chi connectivity index (χ4v) is 3.21. The monoisotopic (exact) mass is 289 g/mol. The molecular weight excluding hydrogens is 274 g/mol. The zero-order valence-electron chi connectivity index (χ0n) is 8.95. The fraction of sp³-hybridized carbons (Fsp3) is 0.800. The normalized spacial score (nSPS) is 21.2. The lowest BCUT2D eigenvalue weighted by Gasteiger charge is -2.23. The molecule has 1 aliphatic rings. The van der Waals surface area contributed by atoms with E-state index in [-0.39, 0.29) is 0 Å². The van der Waals surface area contributed by atoms with Crippen LogP contribution < -0.4 is 4.90 Å². The second-order valence-electron chi connectivity index (χ2n) is 3.92. The number of hydrogen-bond acceptors (Lipinski definition) is 4. The molecule has 0 amide bonds. The van der Waals surface area contributed by atoms with Gasteiger partial charge in [-0.25, -0.2) is 0 Å². The van der Waals surface area contributed by atoms with E-state index in [0.29, 0.717) is 6.04 Å². The number of aromatic nitrogens is 2. The van der Waals surface area contributed by atoms with Crippen LogP contribution in [0.2, 0.25) is 0 Å². The van der Waals surface area contributed by atoms with Gasteiger partial charge in [0.2, 0.25) is 5.13 Å². The van der Waals surface area contributed by atoms with Crippen molar-refractivity contribution in [1.82, 2.24) is 10.2 Å². The average Bonchev–Trinajstić information content (AvgIpc) is 2.82. The molecule has 0 radical (unpaired) electrons. The first-order valence-electron chi connectivity index (χ1n) is 5.44. The maximum atomic E-state index is 4.24. The number of hydrogen-bond donors (Lipinski definition) is 0. The van der Waals surface area contributed by atoms with Crippen LogP contribution in [0.4, 0.5) is 5.13 Å². The minimum Gasteiger partial charge on any atom is -0.344 e. The van der Waals surface area contributed by atoms with Crippen LogP contribution in [0.1, 0.15) is 30.7 Å². The number of aryl methyl sites for hydroxylation is 1. The Hall–Kier alpha value is -0.160. The van der Waals surface area contributed by atoms with Gasteiger partial charge in [0, 0.05) is 17.9 Å². The Balaban J connectivity index is 2.01. The molecule has 1 aromatic rings. The molecule has 1 aliphatic heterocycles. The Morgan fingerprint density at radius 2 is 2.40 bits per heavy atom. The molecule has 0 spiro atoms. The topological polar surface area (TPSA) is 29.0 Å². The van der Waals surface area contributed by atoms with E-state index in [0.717, 1.165) is 22.0 Å². The molecule has 0 bridgehead atoms. The van der Waals surface area contributed by atoms with Crippen molar-refractivity contribution in [3.63, 3.8) is 0 Å². The Morgan fingerprint density at radius 1 is 1.53 bits per heavy atom. The van der Waals surface area contributed by atoms with Gasteiger partial charge in [0.15, 0.2) is 0 Å². The van der Waals surface area contributed by atoms with E-state index in [4.69, 9.17) is 0 Å². The third kappa shape index (κ3) is 2.69. The molecule has 1 aromatic heterocycles. The Labute approximate surface area is 103 Å². The molecule has 1 atom stereocenters. The molecule has 1 saturated heterocycles. The van der Waals surface area contributed by atoms with Gasteiger partial charge in [0.25, 0.3) is 0 Å². The van der Waals surface area contributed by atoms with Crippen LogP contribution >= 0.6 is 27.3 Å². The molecule has 84 valence electrons. The van der Waals surface area contributed by atoms with Gasteiger partial charge in [-0.1, -0.05) is 27.3 Å². The van der Waals surface area contributed by atoms with Crippen LogP contribution in [0, 0.1) is 6.92 Å². The molecule has 0 N–H and O–H groups in total. The van der Waals surface area contributed by atoms with Crippen molar-refractivity contribution < 1.29 is 0 Å². The van der Waals surface area contributed by atoms with Gasteiger partial charge in [-0.3, -0.25) is 0 Å². The van der Waals surface area contributed by atoms with Gasteiger partial charge in [-0.05, 0) is 32.6 Å². The van der Waals surface area contributed by atoms with Crippen molar-refractivity contribution in [2.75, 3.05) is 16.8 Å². The molecule has 5 heteroatoms. The molecule has 0 saturated carbocycles. The summed E-state index contributed by atoms with van der Waals surface area (Å²) in [5, 5.41) is 11.6. The highest BCUT2D eigenvalue weighted by molar-refractivity contribution is 9.09. The molecule has 2 rings (SSSR count). The van der Waals surface area contributed by atoms with Gasteiger partial charge in [0.05, 0.1) is 0 Å². The van der Waals surface area contributed by atoms with Crippen molar-refractivity contribution in [3.8, 4) is 0 Å². The summed E-state index contributed by atoms with van der Waals surface area (Å²) in [5.41, 5.74) is 0. The van der Waals surface area contributed by atoms with Crippen LogP contribution in [-0.4, -0.2) is 28.1 Å². The highest BCUT2D eigenvalue weighted by Crippen LogP contribution is 2.30. The highest BCUT2D eigenvalue weighted by atomic mass is 79.9. The SMILES string of the molecule is Cc1nnc(N2CCCC2CCCBr)s1. The van der Waals surface area contributed by atoms with Gasteiger partial charge in [-0.15, -0.1) is 10.2 Å². The molecule has 15 heavy (non-hydrogen) atoms. The summed E-state index contributed by atoms with van der Waals surface area (Å²) in [4.78, 5) is 2.44. The van der Waals surface area contributed by atoms with Crippen molar-refractivity contribution in [2.24, 2.45) is 0 Å². The van der Waals surface area contributed by atoms with Crippen LogP contribution in [0.3, 0.4) is 0 Å². The average molecular weight is 290 g/mol. The fourth-order valence-electron chi connectivity index (χ4n) is 2.10. The van der Waals surface area contributed by atoms with Gasteiger partial charge >= 0.3 is 0 Å². The van der Waals surface area contributed by atoms with Gasteiger partial charge in [0.1, 0.15) is 5.01 Å². The van der Waals surface area contributed by atoms with Gasteiger partial charge in [-0.2, -0.15) is 0 Å². The van der Waals surface area contributed by atoms with E-state index >= 15 is 0 Å². The number of nitrogens with zero attached hydrogens (tertiary/aromatic N) is 3. The van der Waals surface area contributed by atoms with E-state index in [1.165, 1.54) is 25.7 Å². The molecular formula is C10H16BrN3S. The summed E-state index contributed by atoms with van der Waals surface area (Å²) >= 11 is 5.21. The smallest absolute Gasteiger partial charge is 0.208 e. The summed E-state index contributed by atoms with van der Waals surface area (Å²) in [6.45, 7) is 3.17. The number of anilines is 1. The molecule has 0 aromatic carbocycles. The Bertz CT molecular complexity index is 315. The van der Waals surface area contributed by atoms with Gasteiger partial charge < -0.3 is 4.90 Å². The van der Waals surface area contributed by atoms with Crippen LogP contribution in [0.25, 0.3) is 0 Å². The van der Waals surface area contributed by atoms with E-state index < -0.39 is 0 Å². The van der Waals surface area contributed by atoms with Crippen LogP contribution in [0.15, 0.2) is 0 Å². The second kappa shape index (κ2) is 5.25. The largest absolute Gasteiger partial charge is 0.344 e. The third-order valence-corrected chi connectivity index (χ3v) is 4.25. The highest BCUT2D eigenvalue weighted by Gasteiger charge is 2.26. The maximum Gasteiger partial charge on any atom is 0.208 e. The summed E-state index contributed by atoms with van der Waals surface area (Å²) in [5.74, 6) is 0. The standard InChI is InChI=1S/C10H16BrN3S/c1-8-12-13-10(15-8)14-7-3-5-9(14)4-2-6-11/h9H,2-7H2,1H3. The van der Waals surface area contributed by atoms with E-state index in [1.807, 2.05) is 6.92 Å². The van der Waals surface area contributed by atoms with Crippen molar-refractivity contribution in [1.29, 1.82) is 0 Å². The molecule has 1 fully saturated rings. The van der Waals surface area contributed by atoms with E-state index in [1.54, 1.807) is 11.3 Å². The first kappa shape index (κ1) is 11.3. The van der Waals surface area contributed by atoms with Crippen LogP contribution in [-0.2, 0) is 0 Å². The maximum absolute atomic E-state index is 4.24. The first-order valence-corrected chi connectivity index (χ1v) is 7.38. The molecule has 0 aliphatic carbocycles. The van der Waals surface area contributed by atoms with Crippen LogP contribution in [0.5, 0.6) is 0 Å². The summed E-state index contributed by atoms with van der Waals surface area (Å²) in [6.07, 6.45) is 5.13. The molecule has 3 nitrogen and oxygen atoms in total. The minimum absolute atomic E-state index is 0.690. The summed E-state index contributed by atoms with van der Waals surface area (Å²) < 4.78 is 0. The lowest BCUT2D eigenvalue weighted by atomic mass is 10.1. The molecule has 2 heterocycles. The minimum atomic E-state index is 0.690. The lowest BCUT2D eigenvalue weighted by molar-refractivity contribution is 0.602. The second-order valence-corrected chi connectivity index (χ2v) is 5.88. The van der Waals surface area contributed by atoms with Crippen molar-refractivity contribution in [2.45, 2.75) is 38.6 Å². The first-order chi connectivity index (χ1) is 7.31. The summed E-state index contributed by atoms with van der Waals surface area (Å²) in [7, 11) is 0. The quantitative estimate of drug-likeness (QED) is 0.798. The Kier molecular flexibility index (Phi) is 3.97.